The Morgan fingerprint density at radius 1 is 0.933 bits per heavy atom. The summed E-state index contributed by atoms with van der Waals surface area (Å²) in [6.07, 6.45) is 0. The molecular formula is C23H27N3O3S. The highest BCUT2D eigenvalue weighted by Crippen LogP contribution is 2.30. The fourth-order valence-electron chi connectivity index (χ4n) is 3.06. The Bertz CT molecular complexity index is 982. The third kappa shape index (κ3) is 5.02. The molecule has 0 aliphatic rings. The van der Waals surface area contributed by atoms with E-state index >= 15 is 0 Å². The SMILES string of the molecule is COc1ccc(C(=O)[C@H](C)Sc2nnc(-c3ccc(OC)cc3)n2CC(C)C)cc1. The van der Waals surface area contributed by atoms with E-state index in [2.05, 4.69) is 28.6 Å². The first kappa shape index (κ1) is 21.9. The molecule has 0 radical (unpaired) electrons. The van der Waals surface area contributed by atoms with Gasteiger partial charge in [-0.25, -0.2) is 0 Å². The molecule has 3 rings (SSSR count). The van der Waals surface area contributed by atoms with Crippen LogP contribution in [-0.4, -0.2) is 40.0 Å². The summed E-state index contributed by atoms with van der Waals surface area (Å²) in [5.41, 5.74) is 1.62. The van der Waals surface area contributed by atoms with Crippen molar-refractivity contribution in [3.63, 3.8) is 0 Å². The molecule has 3 aromatic rings. The summed E-state index contributed by atoms with van der Waals surface area (Å²) in [4.78, 5) is 12.9. The van der Waals surface area contributed by atoms with Crippen LogP contribution in [0.4, 0.5) is 0 Å². The second-order valence-corrected chi connectivity index (χ2v) is 8.70. The van der Waals surface area contributed by atoms with Gasteiger partial charge in [0.15, 0.2) is 16.8 Å². The van der Waals surface area contributed by atoms with Crippen LogP contribution in [0.2, 0.25) is 0 Å². The smallest absolute Gasteiger partial charge is 0.192 e. The molecular weight excluding hydrogens is 398 g/mol. The van der Waals surface area contributed by atoms with Gasteiger partial charge in [0.2, 0.25) is 0 Å². The van der Waals surface area contributed by atoms with Gasteiger partial charge in [0.05, 0.1) is 19.5 Å². The van der Waals surface area contributed by atoms with Gasteiger partial charge in [-0.05, 0) is 61.4 Å². The van der Waals surface area contributed by atoms with Crippen LogP contribution in [0.25, 0.3) is 11.4 Å². The lowest BCUT2D eigenvalue weighted by molar-refractivity contribution is 0.0994. The van der Waals surface area contributed by atoms with Crippen molar-refractivity contribution in [1.82, 2.24) is 14.8 Å². The molecule has 2 aromatic carbocycles. The Morgan fingerprint density at radius 3 is 2.03 bits per heavy atom. The number of hydrogen-bond acceptors (Lipinski definition) is 6. The number of ketones is 1. The van der Waals surface area contributed by atoms with E-state index in [1.54, 1.807) is 38.5 Å². The molecule has 0 aliphatic heterocycles. The zero-order valence-electron chi connectivity index (χ0n) is 18.0. The molecule has 0 bridgehead atoms. The molecule has 0 aliphatic carbocycles. The fraction of sp³-hybridized carbons (Fsp3) is 0.348. The van der Waals surface area contributed by atoms with Gasteiger partial charge in [-0.15, -0.1) is 10.2 Å². The second kappa shape index (κ2) is 9.80. The minimum absolute atomic E-state index is 0.0488. The van der Waals surface area contributed by atoms with Crippen molar-refractivity contribution in [3.05, 3.63) is 54.1 Å². The van der Waals surface area contributed by atoms with Crippen LogP contribution >= 0.6 is 11.8 Å². The number of carbonyl (C=O) groups is 1. The Kier molecular flexibility index (Phi) is 7.15. The van der Waals surface area contributed by atoms with E-state index in [-0.39, 0.29) is 11.0 Å². The molecule has 0 N–H and O–H groups in total. The molecule has 30 heavy (non-hydrogen) atoms. The number of nitrogens with zero attached hydrogens (tertiary/aromatic N) is 3. The normalized spacial score (nSPS) is 12.1. The number of aromatic nitrogens is 3. The highest BCUT2D eigenvalue weighted by atomic mass is 32.2. The molecule has 1 aromatic heterocycles. The number of rotatable bonds is 9. The second-order valence-electron chi connectivity index (χ2n) is 7.39. The summed E-state index contributed by atoms with van der Waals surface area (Å²) in [6.45, 7) is 6.97. The molecule has 0 fully saturated rings. The largest absolute Gasteiger partial charge is 0.497 e. The van der Waals surface area contributed by atoms with Crippen molar-refractivity contribution in [3.8, 4) is 22.9 Å². The third-order valence-electron chi connectivity index (χ3n) is 4.64. The van der Waals surface area contributed by atoms with E-state index in [1.807, 2.05) is 31.2 Å². The molecule has 158 valence electrons. The van der Waals surface area contributed by atoms with Crippen LogP contribution in [0.15, 0.2) is 53.7 Å². The first-order chi connectivity index (χ1) is 14.4. The monoisotopic (exact) mass is 425 g/mol. The molecule has 0 unspecified atom stereocenters. The Balaban J connectivity index is 1.85. The minimum atomic E-state index is -0.294. The van der Waals surface area contributed by atoms with Crippen molar-refractivity contribution in [2.45, 2.75) is 37.7 Å². The number of Topliss-reactive ketones (excluding diaryl/α,β-unsaturated/α-hetero) is 1. The summed E-state index contributed by atoms with van der Waals surface area (Å²) < 4.78 is 12.5. The zero-order valence-corrected chi connectivity index (χ0v) is 18.8. The summed E-state index contributed by atoms with van der Waals surface area (Å²) in [5, 5.41) is 9.28. The van der Waals surface area contributed by atoms with Crippen LogP contribution in [0.1, 0.15) is 31.1 Å². The van der Waals surface area contributed by atoms with E-state index in [4.69, 9.17) is 9.47 Å². The quantitative estimate of drug-likeness (QED) is 0.356. The lowest BCUT2D eigenvalue weighted by Crippen LogP contribution is -2.15. The lowest BCUT2D eigenvalue weighted by Gasteiger charge is -2.15. The van der Waals surface area contributed by atoms with Gasteiger partial charge in [-0.2, -0.15) is 0 Å². The van der Waals surface area contributed by atoms with E-state index in [1.165, 1.54) is 11.8 Å². The predicted octanol–water partition coefficient (Wildman–Crippen LogP) is 4.98. The summed E-state index contributed by atoms with van der Waals surface area (Å²) in [6, 6.07) is 14.9. The minimum Gasteiger partial charge on any atom is -0.497 e. The van der Waals surface area contributed by atoms with Crippen LogP contribution < -0.4 is 9.47 Å². The topological polar surface area (TPSA) is 66.2 Å². The Morgan fingerprint density at radius 2 is 1.50 bits per heavy atom. The van der Waals surface area contributed by atoms with Crippen LogP contribution in [0.5, 0.6) is 11.5 Å². The standard InChI is InChI=1S/C23H27N3O3S/c1-15(2)14-26-22(18-8-12-20(29-5)13-9-18)24-25-23(26)30-16(3)21(27)17-6-10-19(28-4)11-7-17/h6-13,15-16H,14H2,1-5H3/t16-/m0/s1. The third-order valence-corrected chi connectivity index (χ3v) is 5.72. The molecule has 7 heteroatoms. The van der Waals surface area contributed by atoms with Gasteiger partial charge in [0.25, 0.3) is 0 Å². The zero-order chi connectivity index (χ0) is 21.7. The van der Waals surface area contributed by atoms with Crippen LogP contribution in [-0.2, 0) is 6.54 Å². The average Bonchev–Trinajstić information content (AvgIpc) is 3.14. The Labute approximate surface area is 181 Å². The van der Waals surface area contributed by atoms with E-state index in [0.717, 1.165) is 34.6 Å². The number of thioether (sulfide) groups is 1. The van der Waals surface area contributed by atoms with Crippen LogP contribution in [0, 0.1) is 5.92 Å². The Hall–Kier alpha value is -2.80. The van der Waals surface area contributed by atoms with Gasteiger partial charge >= 0.3 is 0 Å². The average molecular weight is 426 g/mol. The van der Waals surface area contributed by atoms with Crippen molar-refractivity contribution in [2.24, 2.45) is 5.92 Å². The highest BCUT2D eigenvalue weighted by molar-refractivity contribution is 8.00. The highest BCUT2D eigenvalue weighted by Gasteiger charge is 2.22. The maximum Gasteiger partial charge on any atom is 0.192 e. The van der Waals surface area contributed by atoms with Gasteiger partial charge in [-0.1, -0.05) is 25.6 Å². The number of benzene rings is 2. The maximum atomic E-state index is 12.9. The number of carbonyl (C=O) groups excluding carboxylic acids is 1. The van der Waals surface area contributed by atoms with Crippen molar-refractivity contribution in [1.29, 1.82) is 0 Å². The van der Waals surface area contributed by atoms with Crippen LogP contribution in [0.3, 0.4) is 0 Å². The molecule has 1 atom stereocenters. The predicted molar refractivity (Wildman–Crippen MR) is 119 cm³/mol. The molecule has 6 nitrogen and oxygen atoms in total. The van der Waals surface area contributed by atoms with Crippen molar-refractivity contribution >= 4 is 17.5 Å². The molecule has 1 heterocycles. The van der Waals surface area contributed by atoms with E-state index in [0.29, 0.717) is 11.5 Å². The molecule has 0 saturated carbocycles. The number of hydrogen-bond donors (Lipinski definition) is 0. The molecule has 0 spiro atoms. The summed E-state index contributed by atoms with van der Waals surface area (Å²) in [7, 11) is 3.25. The molecule has 0 amide bonds. The molecule has 0 saturated heterocycles. The summed E-state index contributed by atoms with van der Waals surface area (Å²) in [5.74, 6) is 2.77. The summed E-state index contributed by atoms with van der Waals surface area (Å²) >= 11 is 1.43. The van der Waals surface area contributed by atoms with E-state index < -0.39 is 0 Å². The number of methoxy groups -OCH3 is 2. The van der Waals surface area contributed by atoms with Crippen molar-refractivity contribution in [2.75, 3.05) is 14.2 Å². The van der Waals surface area contributed by atoms with E-state index in [9.17, 15) is 4.79 Å². The van der Waals surface area contributed by atoms with Gasteiger partial charge in [0.1, 0.15) is 11.5 Å². The maximum absolute atomic E-state index is 12.9. The van der Waals surface area contributed by atoms with Gasteiger partial charge in [-0.3, -0.25) is 4.79 Å². The first-order valence-corrected chi connectivity index (χ1v) is 10.7. The van der Waals surface area contributed by atoms with Gasteiger partial charge in [0, 0.05) is 17.7 Å². The lowest BCUT2D eigenvalue weighted by atomic mass is 10.1. The van der Waals surface area contributed by atoms with Crippen molar-refractivity contribution < 1.29 is 14.3 Å². The fourth-order valence-corrected chi connectivity index (χ4v) is 4.00. The number of ether oxygens (including phenoxy) is 2. The first-order valence-electron chi connectivity index (χ1n) is 9.85. The van der Waals surface area contributed by atoms with Gasteiger partial charge < -0.3 is 14.0 Å².